The van der Waals surface area contributed by atoms with Crippen molar-refractivity contribution < 1.29 is 38.5 Å². The van der Waals surface area contributed by atoms with E-state index < -0.39 is 41.9 Å². The van der Waals surface area contributed by atoms with Gasteiger partial charge in [0.2, 0.25) is 0 Å². The first-order valence-electron chi connectivity index (χ1n) is 11.6. The molecule has 0 spiro atoms. The van der Waals surface area contributed by atoms with Crippen molar-refractivity contribution in [3.63, 3.8) is 0 Å². The largest absolute Gasteiger partial charge is 0.480 e. The average molecular weight is 494 g/mol. The molecule has 0 bridgehead atoms. The highest BCUT2D eigenvalue weighted by atomic mass is 16.6. The summed E-state index contributed by atoms with van der Waals surface area (Å²) in [4.78, 5) is 48.1. The van der Waals surface area contributed by atoms with E-state index in [9.17, 15) is 24.3 Å². The van der Waals surface area contributed by atoms with Gasteiger partial charge < -0.3 is 25.1 Å². The summed E-state index contributed by atoms with van der Waals surface area (Å²) in [7, 11) is 0. The van der Waals surface area contributed by atoms with E-state index in [0.29, 0.717) is 5.56 Å². The van der Waals surface area contributed by atoms with Crippen LogP contribution in [0.1, 0.15) is 86.1 Å². The number of aliphatic carboxylic acids is 1. The molecule has 0 heterocycles. The van der Waals surface area contributed by atoms with Gasteiger partial charge in [-0.3, -0.25) is 19.2 Å². The van der Waals surface area contributed by atoms with Crippen molar-refractivity contribution in [3.05, 3.63) is 23.8 Å². The lowest BCUT2D eigenvalue weighted by molar-refractivity contribution is -0.146. The van der Waals surface area contributed by atoms with Gasteiger partial charge in [-0.05, 0) is 41.9 Å². The second-order valence-electron chi connectivity index (χ2n) is 11.3. The Hall–Kier alpha value is -2.94. The molecule has 2 unspecified atom stereocenters. The van der Waals surface area contributed by atoms with Gasteiger partial charge in [-0.1, -0.05) is 47.6 Å². The molecular weight excluding hydrogens is 454 g/mol. The SMILES string of the molecule is CC(=O)OC(C)CC(c1ccc(OC(=O)CC(C)(C)C)c(OC(=O)CC(C)(C)C)c1)[C@H](N)C(=O)O. The fourth-order valence-corrected chi connectivity index (χ4v) is 3.45. The van der Waals surface area contributed by atoms with Gasteiger partial charge in [0.05, 0.1) is 18.9 Å². The maximum Gasteiger partial charge on any atom is 0.321 e. The van der Waals surface area contributed by atoms with Crippen LogP contribution in [0, 0.1) is 10.8 Å². The molecule has 3 N–H and O–H groups in total. The fraction of sp³-hybridized carbons (Fsp3) is 0.615. The van der Waals surface area contributed by atoms with E-state index in [-0.39, 0.29) is 41.6 Å². The lowest BCUT2D eigenvalue weighted by Gasteiger charge is -2.25. The average Bonchev–Trinajstić information content (AvgIpc) is 2.63. The summed E-state index contributed by atoms with van der Waals surface area (Å²) >= 11 is 0. The zero-order chi connectivity index (χ0) is 27.1. The first kappa shape index (κ1) is 30.1. The van der Waals surface area contributed by atoms with E-state index in [1.807, 2.05) is 41.5 Å². The van der Waals surface area contributed by atoms with Crippen LogP contribution in [0.2, 0.25) is 0 Å². The molecule has 0 saturated carbocycles. The highest BCUT2D eigenvalue weighted by molar-refractivity contribution is 5.77. The molecule has 0 amide bonds. The minimum atomic E-state index is -1.32. The second-order valence-corrected chi connectivity index (χ2v) is 11.3. The number of carboxylic acids is 1. The van der Waals surface area contributed by atoms with E-state index in [2.05, 4.69) is 0 Å². The summed E-state index contributed by atoms with van der Waals surface area (Å²) in [5.41, 5.74) is 5.74. The number of esters is 3. The minimum Gasteiger partial charge on any atom is -0.480 e. The predicted octanol–water partition coefficient (Wildman–Crippen LogP) is 4.21. The first-order chi connectivity index (χ1) is 15.9. The van der Waals surface area contributed by atoms with Crippen LogP contribution in [0.25, 0.3) is 0 Å². The lowest BCUT2D eigenvalue weighted by Crippen LogP contribution is -2.38. The predicted molar refractivity (Wildman–Crippen MR) is 130 cm³/mol. The van der Waals surface area contributed by atoms with Gasteiger partial charge in [0.25, 0.3) is 0 Å². The summed E-state index contributed by atoms with van der Waals surface area (Å²) < 4.78 is 16.2. The number of carboxylic acid groups (broad SMARTS) is 1. The van der Waals surface area contributed by atoms with E-state index >= 15 is 0 Å². The van der Waals surface area contributed by atoms with Crippen LogP contribution in [0.15, 0.2) is 18.2 Å². The molecule has 0 aliphatic heterocycles. The highest BCUT2D eigenvalue weighted by Crippen LogP contribution is 2.36. The molecule has 0 saturated heterocycles. The molecule has 0 aliphatic rings. The number of hydrogen-bond acceptors (Lipinski definition) is 8. The molecule has 196 valence electrons. The number of benzene rings is 1. The van der Waals surface area contributed by atoms with Gasteiger partial charge in [0.15, 0.2) is 11.5 Å². The number of nitrogens with two attached hydrogens (primary N) is 1. The summed E-state index contributed by atoms with van der Waals surface area (Å²) in [6, 6.07) is 3.15. The van der Waals surface area contributed by atoms with Crippen molar-refractivity contribution in [2.24, 2.45) is 16.6 Å². The van der Waals surface area contributed by atoms with Crippen molar-refractivity contribution >= 4 is 23.9 Å². The molecule has 0 fully saturated rings. The number of ether oxygens (including phenoxy) is 3. The Labute approximate surface area is 207 Å². The molecule has 0 aromatic heterocycles. The Kier molecular flexibility index (Phi) is 10.4. The van der Waals surface area contributed by atoms with Crippen molar-refractivity contribution in [2.75, 3.05) is 0 Å². The van der Waals surface area contributed by atoms with E-state index in [1.165, 1.54) is 19.1 Å². The van der Waals surface area contributed by atoms with Crippen molar-refractivity contribution in [1.82, 2.24) is 0 Å². The van der Waals surface area contributed by atoms with Crippen LogP contribution < -0.4 is 15.2 Å². The van der Waals surface area contributed by atoms with Gasteiger partial charge in [0.1, 0.15) is 6.04 Å². The van der Waals surface area contributed by atoms with Gasteiger partial charge >= 0.3 is 23.9 Å². The fourth-order valence-electron chi connectivity index (χ4n) is 3.45. The van der Waals surface area contributed by atoms with Gasteiger partial charge in [-0.2, -0.15) is 0 Å². The number of carbonyl (C=O) groups excluding carboxylic acids is 3. The van der Waals surface area contributed by atoms with Crippen molar-refractivity contribution in [1.29, 1.82) is 0 Å². The Morgan fingerprint density at radius 3 is 1.83 bits per heavy atom. The molecule has 1 rings (SSSR count). The minimum absolute atomic E-state index is 0.0123. The van der Waals surface area contributed by atoms with Gasteiger partial charge in [-0.25, -0.2) is 0 Å². The topological polar surface area (TPSA) is 142 Å². The maximum absolute atomic E-state index is 12.6. The smallest absolute Gasteiger partial charge is 0.321 e. The summed E-state index contributed by atoms with van der Waals surface area (Å²) in [6.45, 7) is 14.2. The van der Waals surface area contributed by atoms with Crippen LogP contribution in [-0.2, 0) is 23.9 Å². The van der Waals surface area contributed by atoms with Gasteiger partial charge in [0, 0.05) is 12.8 Å². The van der Waals surface area contributed by atoms with E-state index in [0.717, 1.165) is 0 Å². The number of hydrogen-bond donors (Lipinski definition) is 2. The standard InChI is InChI=1S/C26H39NO8/c1-15(33-16(2)28)11-18(23(27)24(31)32)17-9-10-19(34-21(29)13-25(3,4)5)20(12-17)35-22(30)14-26(6,7)8/h9-10,12,15,18,23H,11,13-14,27H2,1-8H3,(H,31,32)/t15?,18?,23-/m0/s1. The highest BCUT2D eigenvalue weighted by Gasteiger charge is 2.30. The van der Waals surface area contributed by atoms with Crippen molar-refractivity contribution in [3.8, 4) is 11.5 Å². The Morgan fingerprint density at radius 2 is 1.40 bits per heavy atom. The summed E-state index contributed by atoms with van der Waals surface area (Å²) in [6.07, 6.45) is -0.255. The van der Waals surface area contributed by atoms with E-state index in [4.69, 9.17) is 19.9 Å². The van der Waals surface area contributed by atoms with Crippen molar-refractivity contribution in [2.45, 2.75) is 92.7 Å². The third kappa shape index (κ3) is 11.4. The molecule has 35 heavy (non-hydrogen) atoms. The molecule has 3 atom stereocenters. The molecule has 1 aromatic carbocycles. The molecule has 9 nitrogen and oxygen atoms in total. The molecule has 0 radical (unpaired) electrons. The molecule has 1 aromatic rings. The Bertz CT molecular complexity index is 926. The zero-order valence-electron chi connectivity index (χ0n) is 22.0. The lowest BCUT2D eigenvalue weighted by atomic mass is 9.87. The third-order valence-corrected chi connectivity index (χ3v) is 4.86. The van der Waals surface area contributed by atoms with E-state index in [1.54, 1.807) is 13.0 Å². The van der Waals surface area contributed by atoms with Crippen LogP contribution >= 0.6 is 0 Å². The summed E-state index contributed by atoms with van der Waals surface area (Å²) in [5.74, 6) is -3.52. The second kappa shape index (κ2) is 12.2. The van der Waals surface area contributed by atoms with Crippen LogP contribution in [-0.4, -0.2) is 41.1 Å². The first-order valence-corrected chi connectivity index (χ1v) is 11.6. The van der Waals surface area contributed by atoms with Crippen LogP contribution in [0.3, 0.4) is 0 Å². The third-order valence-electron chi connectivity index (χ3n) is 4.86. The van der Waals surface area contributed by atoms with Gasteiger partial charge in [-0.15, -0.1) is 0 Å². The van der Waals surface area contributed by atoms with Crippen LogP contribution in [0.4, 0.5) is 0 Å². The maximum atomic E-state index is 12.6. The van der Waals surface area contributed by atoms with Crippen LogP contribution in [0.5, 0.6) is 11.5 Å². The normalized spacial score (nSPS) is 14.4. The number of carbonyl (C=O) groups is 4. The Balaban J connectivity index is 3.41. The molecule has 0 aliphatic carbocycles. The monoisotopic (exact) mass is 493 g/mol. The number of rotatable bonds is 10. The molecule has 9 heteroatoms. The zero-order valence-corrected chi connectivity index (χ0v) is 22.0. The Morgan fingerprint density at radius 1 is 0.914 bits per heavy atom. The molecular formula is C26H39NO8. The summed E-state index contributed by atoms with van der Waals surface area (Å²) in [5, 5.41) is 9.55. The quantitative estimate of drug-likeness (QED) is 0.362.